The maximum atomic E-state index is 8.95. The van der Waals surface area contributed by atoms with E-state index in [9.17, 15) is 0 Å². The van der Waals surface area contributed by atoms with Crippen molar-refractivity contribution in [2.45, 2.75) is 19.4 Å². The lowest BCUT2D eigenvalue weighted by Gasteiger charge is -2.19. The molecule has 1 heterocycles. The largest absolute Gasteiger partial charge is 0.395 e. The van der Waals surface area contributed by atoms with Crippen LogP contribution in [0.3, 0.4) is 0 Å². The standard InChI is InChI=1S/C7H16NOP/c1-6-3-7(5-9)8(4-6)10-2/h6-7,9-10H,3-5H2,1-2H3. The molecule has 0 spiro atoms. The summed E-state index contributed by atoms with van der Waals surface area (Å²) in [6.07, 6.45) is 1.18. The summed E-state index contributed by atoms with van der Waals surface area (Å²) in [5, 5.41) is 8.95. The minimum atomic E-state index is 0.338. The first-order chi connectivity index (χ1) is 4.77. The summed E-state index contributed by atoms with van der Waals surface area (Å²) in [5.74, 6) is 0.782. The van der Waals surface area contributed by atoms with E-state index in [0.29, 0.717) is 12.6 Å². The van der Waals surface area contributed by atoms with E-state index in [4.69, 9.17) is 5.11 Å². The van der Waals surface area contributed by atoms with Crippen molar-refractivity contribution >= 4 is 8.73 Å². The number of hydrogen-bond donors (Lipinski definition) is 1. The van der Waals surface area contributed by atoms with Crippen LogP contribution in [0.4, 0.5) is 0 Å². The first-order valence-electron chi connectivity index (χ1n) is 3.82. The van der Waals surface area contributed by atoms with Gasteiger partial charge in [-0.2, -0.15) is 0 Å². The fraction of sp³-hybridized carbons (Fsp3) is 1.00. The smallest absolute Gasteiger partial charge is 0.0590 e. The van der Waals surface area contributed by atoms with E-state index in [1.165, 1.54) is 13.0 Å². The van der Waals surface area contributed by atoms with E-state index >= 15 is 0 Å². The number of aliphatic hydroxyl groups excluding tert-OH is 1. The summed E-state index contributed by atoms with van der Waals surface area (Å²) in [6.45, 7) is 5.95. The SMILES string of the molecule is CPN1CC(C)CC1CO. The van der Waals surface area contributed by atoms with Crippen molar-refractivity contribution in [2.24, 2.45) is 5.92 Å². The molecule has 1 rings (SSSR count). The Morgan fingerprint density at radius 1 is 1.70 bits per heavy atom. The Balaban J connectivity index is 2.41. The van der Waals surface area contributed by atoms with Crippen LogP contribution in [0, 0.1) is 5.92 Å². The molecule has 0 aliphatic carbocycles. The van der Waals surface area contributed by atoms with Crippen molar-refractivity contribution in [1.29, 1.82) is 0 Å². The highest BCUT2D eigenvalue weighted by molar-refractivity contribution is 7.34. The molecule has 3 atom stereocenters. The monoisotopic (exact) mass is 161 g/mol. The lowest BCUT2D eigenvalue weighted by atomic mass is 10.1. The van der Waals surface area contributed by atoms with Gasteiger partial charge < -0.3 is 5.11 Å². The molecule has 1 fully saturated rings. The molecule has 0 aromatic heterocycles. The quantitative estimate of drug-likeness (QED) is 0.608. The summed E-state index contributed by atoms with van der Waals surface area (Å²) in [4.78, 5) is 0. The zero-order valence-corrected chi connectivity index (χ0v) is 7.67. The lowest BCUT2D eigenvalue weighted by Crippen LogP contribution is -2.24. The number of aliphatic hydroxyl groups is 1. The first-order valence-corrected chi connectivity index (χ1v) is 5.27. The molecule has 2 nitrogen and oxygen atoms in total. The van der Waals surface area contributed by atoms with Crippen molar-refractivity contribution in [3.05, 3.63) is 0 Å². The second kappa shape index (κ2) is 3.66. The average Bonchev–Trinajstić information content (AvgIpc) is 2.30. The van der Waals surface area contributed by atoms with Gasteiger partial charge >= 0.3 is 0 Å². The highest BCUT2D eigenvalue weighted by Crippen LogP contribution is 2.30. The summed E-state index contributed by atoms with van der Waals surface area (Å²) < 4.78 is 2.38. The van der Waals surface area contributed by atoms with Crippen LogP contribution in [0.25, 0.3) is 0 Å². The van der Waals surface area contributed by atoms with Gasteiger partial charge in [-0.1, -0.05) is 15.7 Å². The van der Waals surface area contributed by atoms with Gasteiger partial charge in [0, 0.05) is 12.6 Å². The highest BCUT2D eigenvalue weighted by Gasteiger charge is 2.27. The van der Waals surface area contributed by atoms with Gasteiger partial charge in [-0.15, -0.1) is 0 Å². The lowest BCUT2D eigenvalue weighted by molar-refractivity contribution is 0.219. The van der Waals surface area contributed by atoms with Crippen molar-refractivity contribution in [3.8, 4) is 0 Å². The molecule has 0 amide bonds. The normalized spacial score (nSPS) is 36.3. The number of nitrogens with zero attached hydrogens (tertiary/aromatic N) is 1. The van der Waals surface area contributed by atoms with Crippen LogP contribution in [0.2, 0.25) is 0 Å². The molecule has 0 bridgehead atoms. The van der Waals surface area contributed by atoms with E-state index in [1.54, 1.807) is 0 Å². The van der Waals surface area contributed by atoms with E-state index in [-0.39, 0.29) is 0 Å². The molecule has 1 saturated heterocycles. The Morgan fingerprint density at radius 3 is 2.80 bits per heavy atom. The van der Waals surface area contributed by atoms with Crippen molar-refractivity contribution in [1.82, 2.24) is 4.67 Å². The zero-order chi connectivity index (χ0) is 7.56. The Hall–Kier alpha value is 0.350. The highest BCUT2D eigenvalue weighted by atomic mass is 31.1. The topological polar surface area (TPSA) is 23.5 Å². The number of hydrogen-bond acceptors (Lipinski definition) is 2. The van der Waals surface area contributed by atoms with Gasteiger partial charge in [-0.05, 0) is 19.0 Å². The minimum absolute atomic E-state index is 0.338. The third-order valence-corrected chi connectivity index (χ3v) is 3.24. The van der Waals surface area contributed by atoms with Crippen LogP contribution < -0.4 is 0 Å². The van der Waals surface area contributed by atoms with E-state index < -0.39 is 0 Å². The van der Waals surface area contributed by atoms with Gasteiger partial charge in [0.15, 0.2) is 0 Å². The summed E-state index contributed by atoms with van der Waals surface area (Å²) in [6, 6.07) is 0.457. The van der Waals surface area contributed by atoms with Crippen LogP contribution in [-0.2, 0) is 0 Å². The van der Waals surface area contributed by atoms with Crippen LogP contribution in [-0.4, -0.2) is 35.6 Å². The Kier molecular flexibility index (Phi) is 3.09. The molecule has 0 aromatic rings. The molecular weight excluding hydrogens is 145 g/mol. The van der Waals surface area contributed by atoms with Gasteiger partial charge in [0.2, 0.25) is 0 Å². The Bertz CT molecular complexity index is 97.8. The maximum absolute atomic E-state index is 8.95. The van der Waals surface area contributed by atoms with Crippen LogP contribution in [0.15, 0.2) is 0 Å². The molecule has 1 aliphatic rings. The van der Waals surface area contributed by atoms with E-state index in [2.05, 4.69) is 18.3 Å². The summed E-state index contributed by atoms with van der Waals surface area (Å²) in [7, 11) is 0.858. The van der Waals surface area contributed by atoms with Gasteiger partial charge in [0.25, 0.3) is 0 Å². The fourth-order valence-corrected chi connectivity index (χ4v) is 2.64. The molecule has 10 heavy (non-hydrogen) atoms. The predicted molar refractivity (Wildman–Crippen MR) is 45.6 cm³/mol. The van der Waals surface area contributed by atoms with E-state index in [1.807, 2.05) is 0 Å². The maximum Gasteiger partial charge on any atom is 0.0590 e. The predicted octanol–water partition coefficient (Wildman–Crippen LogP) is 0.912. The molecule has 0 saturated carbocycles. The summed E-state index contributed by atoms with van der Waals surface area (Å²) >= 11 is 0. The third kappa shape index (κ3) is 1.69. The molecule has 0 radical (unpaired) electrons. The van der Waals surface area contributed by atoms with Crippen molar-refractivity contribution in [3.63, 3.8) is 0 Å². The average molecular weight is 161 g/mol. The molecule has 1 aliphatic heterocycles. The van der Waals surface area contributed by atoms with Crippen LogP contribution in [0.5, 0.6) is 0 Å². The zero-order valence-electron chi connectivity index (χ0n) is 6.67. The number of rotatable bonds is 2. The van der Waals surface area contributed by atoms with Crippen molar-refractivity contribution < 1.29 is 5.11 Å². The molecule has 60 valence electrons. The Labute approximate surface area is 64.4 Å². The fourth-order valence-electron chi connectivity index (χ4n) is 1.60. The van der Waals surface area contributed by atoms with Gasteiger partial charge in [-0.25, -0.2) is 0 Å². The van der Waals surface area contributed by atoms with Gasteiger partial charge in [-0.3, -0.25) is 4.67 Å². The molecule has 1 N–H and O–H groups in total. The second-order valence-corrected chi connectivity index (χ2v) is 4.07. The Morgan fingerprint density at radius 2 is 2.40 bits per heavy atom. The van der Waals surface area contributed by atoms with Crippen LogP contribution in [0.1, 0.15) is 13.3 Å². The molecular formula is C7H16NOP. The van der Waals surface area contributed by atoms with E-state index in [0.717, 1.165) is 14.6 Å². The molecule has 3 heteroatoms. The van der Waals surface area contributed by atoms with Crippen LogP contribution >= 0.6 is 8.73 Å². The first kappa shape index (κ1) is 8.45. The second-order valence-electron chi connectivity index (χ2n) is 3.05. The van der Waals surface area contributed by atoms with Gasteiger partial charge in [0.1, 0.15) is 0 Å². The molecule has 3 unspecified atom stereocenters. The summed E-state index contributed by atoms with van der Waals surface area (Å²) in [5.41, 5.74) is 0. The van der Waals surface area contributed by atoms with Crippen molar-refractivity contribution in [2.75, 3.05) is 19.8 Å². The third-order valence-electron chi connectivity index (χ3n) is 2.12. The van der Waals surface area contributed by atoms with Gasteiger partial charge in [0.05, 0.1) is 6.61 Å². The molecule has 0 aromatic carbocycles. The minimum Gasteiger partial charge on any atom is -0.395 e.